The number of anilines is 2. The fourth-order valence-corrected chi connectivity index (χ4v) is 4.99. The second kappa shape index (κ2) is 11.6. The summed E-state index contributed by atoms with van der Waals surface area (Å²) in [6.45, 7) is 3.97. The first-order valence-electron chi connectivity index (χ1n) is 11.7. The first kappa shape index (κ1) is 25.7. The quantitative estimate of drug-likeness (QED) is 0.229. The topological polar surface area (TPSA) is 95.5 Å². The lowest BCUT2D eigenvalue weighted by Crippen LogP contribution is -2.19. The zero-order chi connectivity index (χ0) is 26.4. The van der Waals surface area contributed by atoms with Gasteiger partial charge < -0.3 is 15.7 Å². The lowest BCUT2D eigenvalue weighted by molar-refractivity contribution is -0.115. The van der Waals surface area contributed by atoms with Crippen LogP contribution >= 0.6 is 11.8 Å². The maximum atomic E-state index is 13.4. The Morgan fingerprint density at radius 1 is 0.757 bits per heavy atom. The Labute approximate surface area is 219 Å². The predicted octanol–water partition coefficient (Wildman–Crippen LogP) is 6.73. The third-order valence-corrected chi connectivity index (χ3v) is 6.98. The van der Waals surface area contributed by atoms with Crippen molar-refractivity contribution in [1.29, 1.82) is 0 Å². The van der Waals surface area contributed by atoms with Gasteiger partial charge in [0, 0.05) is 16.3 Å². The molecule has 4 rings (SSSR count). The van der Waals surface area contributed by atoms with Gasteiger partial charge in [-0.05, 0) is 61.4 Å². The Morgan fingerprint density at radius 3 is 2.16 bits per heavy atom. The number of hydrogen-bond donors (Lipinski definition) is 3. The number of aryl methyl sites for hydroxylation is 2. The molecule has 0 aliphatic rings. The summed E-state index contributed by atoms with van der Waals surface area (Å²) in [6, 6.07) is 28.6. The van der Waals surface area contributed by atoms with Gasteiger partial charge in [0.05, 0.1) is 11.1 Å². The van der Waals surface area contributed by atoms with Crippen LogP contribution in [0, 0.1) is 13.8 Å². The molecule has 3 N–H and O–H groups in total. The first-order valence-corrected chi connectivity index (χ1v) is 12.5. The fourth-order valence-electron chi connectivity index (χ4n) is 3.90. The van der Waals surface area contributed by atoms with E-state index in [4.69, 9.17) is 0 Å². The van der Waals surface area contributed by atoms with Crippen molar-refractivity contribution in [3.8, 4) is 0 Å². The summed E-state index contributed by atoms with van der Waals surface area (Å²) in [5.41, 5.74) is 4.21. The van der Waals surface area contributed by atoms with Crippen LogP contribution in [0.15, 0.2) is 102 Å². The molecule has 0 aromatic heterocycles. The zero-order valence-electron chi connectivity index (χ0n) is 20.4. The van der Waals surface area contributed by atoms with Gasteiger partial charge in [-0.1, -0.05) is 66.2 Å². The number of aromatic carboxylic acids is 1. The van der Waals surface area contributed by atoms with E-state index in [-0.39, 0.29) is 17.0 Å². The van der Waals surface area contributed by atoms with Crippen molar-refractivity contribution < 1.29 is 19.5 Å². The summed E-state index contributed by atoms with van der Waals surface area (Å²) in [6.07, 6.45) is 0. The molecule has 0 aliphatic heterocycles. The Balaban J connectivity index is 1.57. The van der Waals surface area contributed by atoms with Gasteiger partial charge in [-0.2, -0.15) is 0 Å². The average Bonchev–Trinajstić information content (AvgIpc) is 2.89. The largest absolute Gasteiger partial charge is 0.478 e. The van der Waals surface area contributed by atoms with Crippen LogP contribution < -0.4 is 10.6 Å². The molecule has 0 radical (unpaired) electrons. The van der Waals surface area contributed by atoms with Crippen LogP contribution in [0.2, 0.25) is 0 Å². The molecular formula is C30H26N2O4S. The Bertz CT molecular complexity index is 1450. The molecule has 2 amide bonds. The van der Waals surface area contributed by atoms with Gasteiger partial charge in [0.25, 0.3) is 5.91 Å². The highest BCUT2D eigenvalue weighted by molar-refractivity contribution is 8.00. The van der Waals surface area contributed by atoms with Gasteiger partial charge in [0.1, 0.15) is 5.25 Å². The van der Waals surface area contributed by atoms with E-state index < -0.39 is 17.1 Å². The first-order chi connectivity index (χ1) is 17.8. The molecule has 6 nitrogen and oxygen atoms in total. The van der Waals surface area contributed by atoms with E-state index in [1.54, 1.807) is 30.3 Å². The summed E-state index contributed by atoms with van der Waals surface area (Å²) in [5, 5.41) is 14.7. The molecule has 4 aromatic rings. The number of carbonyl (C=O) groups is 3. The molecule has 7 heteroatoms. The van der Waals surface area contributed by atoms with E-state index in [0.717, 1.165) is 27.3 Å². The molecule has 37 heavy (non-hydrogen) atoms. The molecular weight excluding hydrogens is 484 g/mol. The predicted molar refractivity (Wildman–Crippen MR) is 147 cm³/mol. The second-order valence-electron chi connectivity index (χ2n) is 8.55. The summed E-state index contributed by atoms with van der Waals surface area (Å²) < 4.78 is 0. The second-order valence-corrected chi connectivity index (χ2v) is 9.73. The number of nitrogens with one attached hydrogen (secondary N) is 2. The molecule has 0 saturated heterocycles. The van der Waals surface area contributed by atoms with Gasteiger partial charge in [-0.15, -0.1) is 11.8 Å². The van der Waals surface area contributed by atoms with Crippen molar-refractivity contribution >= 4 is 40.9 Å². The summed E-state index contributed by atoms with van der Waals surface area (Å²) in [5.74, 6) is -1.85. The highest BCUT2D eigenvalue weighted by Crippen LogP contribution is 2.37. The highest BCUT2D eigenvalue weighted by Gasteiger charge is 2.23. The van der Waals surface area contributed by atoms with Gasteiger partial charge in [0.15, 0.2) is 0 Å². The smallest absolute Gasteiger partial charge is 0.336 e. The normalized spacial score (nSPS) is 11.4. The number of thioether (sulfide) groups is 1. The van der Waals surface area contributed by atoms with E-state index >= 15 is 0 Å². The maximum absolute atomic E-state index is 13.4. The third-order valence-electron chi connectivity index (χ3n) is 5.73. The molecule has 1 atom stereocenters. The van der Waals surface area contributed by atoms with Gasteiger partial charge >= 0.3 is 5.97 Å². The van der Waals surface area contributed by atoms with E-state index in [1.165, 1.54) is 23.9 Å². The summed E-state index contributed by atoms with van der Waals surface area (Å²) in [4.78, 5) is 38.5. The van der Waals surface area contributed by atoms with Crippen molar-refractivity contribution in [3.05, 3.63) is 125 Å². The van der Waals surface area contributed by atoms with Gasteiger partial charge in [-0.3, -0.25) is 9.59 Å². The molecule has 0 spiro atoms. The molecule has 186 valence electrons. The third kappa shape index (κ3) is 6.45. The lowest BCUT2D eigenvalue weighted by Gasteiger charge is -2.19. The van der Waals surface area contributed by atoms with Crippen LogP contribution in [0.25, 0.3) is 0 Å². The van der Waals surface area contributed by atoms with E-state index in [2.05, 4.69) is 10.6 Å². The minimum absolute atomic E-state index is 0.0715. The van der Waals surface area contributed by atoms with Crippen molar-refractivity contribution in [2.24, 2.45) is 0 Å². The molecule has 1 unspecified atom stereocenters. The van der Waals surface area contributed by atoms with E-state index in [0.29, 0.717) is 5.69 Å². The number of amides is 2. The van der Waals surface area contributed by atoms with Crippen LogP contribution in [-0.2, 0) is 4.79 Å². The van der Waals surface area contributed by atoms with Gasteiger partial charge in [-0.25, -0.2) is 4.79 Å². The number of hydrogen-bond acceptors (Lipinski definition) is 4. The summed E-state index contributed by atoms with van der Waals surface area (Å²) in [7, 11) is 0. The van der Waals surface area contributed by atoms with E-state index in [9.17, 15) is 19.5 Å². The number of rotatable bonds is 8. The summed E-state index contributed by atoms with van der Waals surface area (Å²) >= 11 is 1.37. The Morgan fingerprint density at radius 2 is 1.46 bits per heavy atom. The maximum Gasteiger partial charge on any atom is 0.336 e. The van der Waals surface area contributed by atoms with Crippen LogP contribution in [0.4, 0.5) is 11.4 Å². The average molecular weight is 511 g/mol. The monoisotopic (exact) mass is 510 g/mol. The van der Waals surface area contributed by atoms with Crippen molar-refractivity contribution in [2.75, 3.05) is 10.6 Å². The van der Waals surface area contributed by atoms with E-state index in [1.807, 2.05) is 68.4 Å². The van der Waals surface area contributed by atoms with Crippen LogP contribution in [0.3, 0.4) is 0 Å². The molecule has 0 heterocycles. The SMILES string of the molecule is Cc1ccc(NC(=O)C(Sc2cccc(NC(=O)c3ccccc3C(=O)O)c2)c2ccccc2)c(C)c1. The molecule has 0 bridgehead atoms. The number of benzene rings is 4. The van der Waals surface area contributed by atoms with Crippen molar-refractivity contribution in [1.82, 2.24) is 0 Å². The molecule has 0 fully saturated rings. The van der Waals surface area contributed by atoms with Crippen LogP contribution in [-0.4, -0.2) is 22.9 Å². The van der Waals surface area contributed by atoms with Crippen LogP contribution in [0.5, 0.6) is 0 Å². The lowest BCUT2D eigenvalue weighted by atomic mass is 10.1. The number of carboxylic acids is 1. The molecule has 0 aliphatic carbocycles. The zero-order valence-corrected chi connectivity index (χ0v) is 21.2. The number of carbonyl (C=O) groups excluding carboxylic acids is 2. The van der Waals surface area contributed by atoms with Crippen molar-refractivity contribution in [2.45, 2.75) is 24.0 Å². The minimum atomic E-state index is -1.17. The Hall–Kier alpha value is -4.36. The molecule has 0 saturated carbocycles. The standard InChI is InChI=1S/C30H26N2O4S/c1-19-15-16-26(20(2)17-19)32-29(34)27(21-9-4-3-5-10-21)37-23-12-8-11-22(18-23)31-28(33)24-13-6-7-14-25(24)30(35)36/h3-18,27H,1-2H3,(H,31,33)(H,32,34)(H,35,36). The minimum Gasteiger partial charge on any atom is -0.478 e. The fraction of sp³-hybridized carbons (Fsp3) is 0.100. The Kier molecular flexibility index (Phi) is 8.05. The van der Waals surface area contributed by atoms with Crippen molar-refractivity contribution in [3.63, 3.8) is 0 Å². The van der Waals surface area contributed by atoms with Gasteiger partial charge in [0.2, 0.25) is 5.91 Å². The number of carboxylic acid groups (broad SMARTS) is 1. The van der Waals surface area contributed by atoms with Crippen LogP contribution in [0.1, 0.15) is 42.7 Å². The highest BCUT2D eigenvalue weighted by atomic mass is 32.2. The molecule has 4 aromatic carbocycles.